The van der Waals surface area contributed by atoms with Crippen molar-refractivity contribution in [1.29, 1.82) is 0 Å². The van der Waals surface area contributed by atoms with Gasteiger partial charge < -0.3 is 10.2 Å². The second-order valence-corrected chi connectivity index (χ2v) is 11.7. The summed E-state index contributed by atoms with van der Waals surface area (Å²) >= 11 is 1.37. The Hall–Kier alpha value is -4.29. The summed E-state index contributed by atoms with van der Waals surface area (Å²) in [5.41, 5.74) is 3.76. The van der Waals surface area contributed by atoms with E-state index in [0.717, 1.165) is 35.1 Å². The summed E-state index contributed by atoms with van der Waals surface area (Å²) in [6.45, 7) is 2.12. The fraction of sp³-hybridized carbons (Fsp3) is 0.206. The lowest BCUT2D eigenvalue weighted by Gasteiger charge is -2.38. The number of carbonyl (C=O) groups excluding carboxylic acids is 3. The van der Waals surface area contributed by atoms with Crippen LogP contribution in [0, 0.1) is 5.92 Å². The number of para-hydroxylation sites is 1. The van der Waals surface area contributed by atoms with Crippen LogP contribution in [0.3, 0.4) is 0 Å². The summed E-state index contributed by atoms with van der Waals surface area (Å²) in [7, 11) is 0. The number of ketones is 2. The summed E-state index contributed by atoms with van der Waals surface area (Å²) in [5.74, 6) is -1.51. The third-order valence-electron chi connectivity index (χ3n) is 8.66. The van der Waals surface area contributed by atoms with Gasteiger partial charge in [-0.15, -0.1) is 11.3 Å². The van der Waals surface area contributed by atoms with Gasteiger partial charge in [0.2, 0.25) is 5.91 Å². The van der Waals surface area contributed by atoms with Gasteiger partial charge in [-0.1, -0.05) is 86.1 Å². The molecule has 40 heavy (non-hydrogen) atoms. The van der Waals surface area contributed by atoms with Crippen LogP contribution in [0.4, 0.5) is 5.69 Å². The Morgan fingerprint density at radius 1 is 0.925 bits per heavy atom. The molecule has 1 fully saturated rings. The maximum Gasteiger partial charge on any atom is 0.238 e. The highest BCUT2D eigenvalue weighted by atomic mass is 32.1. The van der Waals surface area contributed by atoms with E-state index >= 15 is 0 Å². The third kappa shape index (κ3) is 3.42. The van der Waals surface area contributed by atoms with E-state index in [1.54, 1.807) is 6.07 Å². The van der Waals surface area contributed by atoms with Gasteiger partial charge in [-0.05, 0) is 52.3 Å². The molecule has 198 valence electrons. The van der Waals surface area contributed by atoms with Crippen molar-refractivity contribution < 1.29 is 14.4 Å². The summed E-state index contributed by atoms with van der Waals surface area (Å²) in [4.78, 5) is 46.2. The number of rotatable bonds is 6. The summed E-state index contributed by atoms with van der Waals surface area (Å²) in [6.07, 6.45) is 5.83. The van der Waals surface area contributed by atoms with E-state index in [1.807, 2.05) is 101 Å². The number of aryl methyl sites for hydroxylation is 1. The van der Waals surface area contributed by atoms with Crippen molar-refractivity contribution >= 4 is 40.6 Å². The molecule has 1 aromatic heterocycles. The average Bonchev–Trinajstić information content (AvgIpc) is 3.70. The molecule has 4 heterocycles. The van der Waals surface area contributed by atoms with E-state index in [2.05, 4.69) is 12.2 Å². The van der Waals surface area contributed by atoms with Crippen LogP contribution in [0.5, 0.6) is 0 Å². The number of thiophene rings is 1. The van der Waals surface area contributed by atoms with Gasteiger partial charge in [0.25, 0.3) is 0 Å². The highest BCUT2D eigenvalue weighted by Gasteiger charge is 2.70. The van der Waals surface area contributed by atoms with Gasteiger partial charge in [-0.25, -0.2) is 0 Å². The molecule has 3 aliphatic heterocycles. The van der Waals surface area contributed by atoms with E-state index in [0.29, 0.717) is 16.1 Å². The average molecular weight is 545 g/mol. The number of nitrogens with one attached hydrogen (secondary N) is 1. The Morgan fingerprint density at radius 2 is 1.70 bits per heavy atom. The van der Waals surface area contributed by atoms with Crippen molar-refractivity contribution in [2.24, 2.45) is 5.92 Å². The number of hydrogen-bond donors (Lipinski definition) is 1. The quantitative estimate of drug-likeness (QED) is 0.275. The minimum Gasteiger partial charge on any atom is -0.358 e. The molecule has 4 atom stereocenters. The Labute approximate surface area is 237 Å². The maximum atomic E-state index is 14.8. The van der Waals surface area contributed by atoms with E-state index < -0.39 is 23.4 Å². The van der Waals surface area contributed by atoms with E-state index in [-0.39, 0.29) is 17.5 Å². The van der Waals surface area contributed by atoms with Crippen LogP contribution in [0.1, 0.15) is 61.7 Å². The molecule has 0 radical (unpaired) electrons. The lowest BCUT2D eigenvalue weighted by Crippen LogP contribution is -2.49. The van der Waals surface area contributed by atoms with Gasteiger partial charge in [-0.3, -0.25) is 14.4 Å². The molecule has 7 rings (SSSR count). The molecule has 1 amide bonds. The number of carbonyl (C=O) groups is 3. The standard InChI is InChI=1S/C34H28N2O3S/c1-2-8-21-14-16-23(17-15-21)30(37)28-29(31(38)27-13-7-20-40-27)36-19-18-22-9-3-4-10-24(22)32(36)34(28)25-11-5-6-12-26(25)35-33(34)39/h3-7,9-20,28-29,32H,2,8H2,1H3,(H,35,39)/t28-,29+,32+,34-/m0/s1. The van der Waals surface area contributed by atoms with Crippen molar-refractivity contribution in [2.45, 2.75) is 37.3 Å². The number of amides is 1. The molecule has 1 spiro atoms. The lowest BCUT2D eigenvalue weighted by atomic mass is 9.62. The van der Waals surface area contributed by atoms with Crippen LogP contribution < -0.4 is 5.32 Å². The first-order valence-electron chi connectivity index (χ1n) is 13.7. The van der Waals surface area contributed by atoms with Crippen LogP contribution >= 0.6 is 11.3 Å². The van der Waals surface area contributed by atoms with Crippen LogP contribution in [-0.2, 0) is 16.6 Å². The molecule has 3 aromatic carbocycles. The largest absolute Gasteiger partial charge is 0.358 e. The Kier molecular flexibility index (Phi) is 5.82. The van der Waals surface area contributed by atoms with Crippen molar-refractivity contribution in [2.75, 3.05) is 5.32 Å². The molecule has 0 saturated carbocycles. The number of Topliss-reactive ketones (excluding diaryl/α,β-unsaturated/α-hetero) is 2. The third-order valence-corrected chi connectivity index (χ3v) is 9.55. The number of benzene rings is 3. The summed E-state index contributed by atoms with van der Waals surface area (Å²) in [5, 5.41) is 4.97. The number of anilines is 1. The van der Waals surface area contributed by atoms with Crippen molar-refractivity contribution in [1.82, 2.24) is 4.90 Å². The number of nitrogens with zero attached hydrogens (tertiary/aromatic N) is 1. The number of hydrogen-bond acceptors (Lipinski definition) is 5. The zero-order valence-electron chi connectivity index (χ0n) is 22.0. The molecule has 4 aromatic rings. The molecular weight excluding hydrogens is 516 g/mol. The molecule has 0 bridgehead atoms. The predicted molar refractivity (Wildman–Crippen MR) is 158 cm³/mol. The molecule has 6 heteroatoms. The fourth-order valence-electron chi connectivity index (χ4n) is 7.04. The monoisotopic (exact) mass is 544 g/mol. The highest BCUT2D eigenvalue weighted by Crippen LogP contribution is 2.62. The van der Waals surface area contributed by atoms with Crippen molar-refractivity contribution in [3.8, 4) is 0 Å². The minimum absolute atomic E-state index is 0.140. The van der Waals surface area contributed by atoms with E-state index in [9.17, 15) is 14.4 Å². The molecule has 0 aliphatic carbocycles. The van der Waals surface area contributed by atoms with Crippen LogP contribution in [0.2, 0.25) is 0 Å². The molecule has 5 nitrogen and oxygen atoms in total. The highest BCUT2D eigenvalue weighted by molar-refractivity contribution is 7.12. The SMILES string of the molecule is CCCc1ccc(C(=O)[C@@H]2[C@H](C(=O)c3cccs3)N3C=Cc4ccccc4[C@@H]3[C@@]23C(=O)Nc2ccccc23)cc1. The topological polar surface area (TPSA) is 66.5 Å². The zero-order valence-corrected chi connectivity index (χ0v) is 22.9. The maximum absolute atomic E-state index is 14.8. The van der Waals surface area contributed by atoms with Gasteiger partial charge >= 0.3 is 0 Å². The number of fused-ring (bicyclic) bond motifs is 6. The first kappa shape index (κ1) is 24.7. The Bertz CT molecular complexity index is 1670. The summed E-state index contributed by atoms with van der Waals surface area (Å²) < 4.78 is 0. The molecule has 1 N–H and O–H groups in total. The van der Waals surface area contributed by atoms with Crippen LogP contribution in [-0.4, -0.2) is 28.4 Å². The second-order valence-electron chi connectivity index (χ2n) is 10.7. The van der Waals surface area contributed by atoms with Gasteiger partial charge in [0.1, 0.15) is 11.5 Å². The van der Waals surface area contributed by atoms with Crippen LogP contribution in [0.25, 0.3) is 6.08 Å². The second kappa shape index (κ2) is 9.42. The smallest absolute Gasteiger partial charge is 0.238 e. The lowest BCUT2D eigenvalue weighted by molar-refractivity contribution is -0.122. The zero-order chi connectivity index (χ0) is 27.4. The van der Waals surface area contributed by atoms with Crippen molar-refractivity contribution in [3.63, 3.8) is 0 Å². The first-order valence-corrected chi connectivity index (χ1v) is 14.6. The summed E-state index contributed by atoms with van der Waals surface area (Å²) in [6, 6.07) is 25.5. The van der Waals surface area contributed by atoms with Gasteiger partial charge in [0.05, 0.1) is 16.8 Å². The van der Waals surface area contributed by atoms with E-state index in [4.69, 9.17) is 0 Å². The molecule has 3 aliphatic rings. The van der Waals surface area contributed by atoms with Crippen molar-refractivity contribution in [3.05, 3.63) is 129 Å². The minimum atomic E-state index is -1.30. The van der Waals surface area contributed by atoms with Crippen LogP contribution in [0.15, 0.2) is 96.5 Å². The van der Waals surface area contributed by atoms with E-state index in [1.165, 1.54) is 11.3 Å². The van der Waals surface area contributed by atoms with Gasteiger partial charge in [0.15, 0.2) is 11.6 Å². The fourth-order valence-corrected chi connectivity index (χ4v) is 7.73. The molecule has 1 saturated heterocycles. The molecule has 0 unspecified atom stereocenters. The van der Waals surface area contributed by atoms with Gasteiger partial charge in [-0.2, -0.15) is 0 Å². The van der Waals surface area contributed by atoms with Gasteiger partial charge in [0, 0.05) is 17.5 Å². The molecular formula is C34H28N2O3S. The normalized spacial score (nSPS) is 24.0. The Balaban J connectivity index is 1.50. The Morgan fingerprint density at radius 3 is 2.48 bits per heavy atom. The predicted octanol–water partition coefficient (Wildman–Crippen LogP) is 6.68. The first-order chi connectivity index (χ1) is 19.6.